The number of amides is 2. The third-order valence-corrected chi connectivity index (χ3v) is 17.9. The van der Waals surface area contributed by atoms with Crippen LogP contribution in [0.15, 0.2) is 64.6 Å². The Morgan fingerprint density at radius 1 is 0.866 bits per heavy atom. The zero-order valence-electron chi connectivity index (χ0n) is 48.5. The first-order chi connectivity index (χ1) is 38.8. The number of anilines is 1. The zero-order valence-corrected chi connectivity index (χ0v) is 48.5. The van der Waals surface area contributed by atoms with Crippen LogP contribution in [0.25, 0.3) is 5.52 Å². The third kappa shape index (κ3) is 10.9. The number of allylic oxidation sites excluding steroid dienone is 4. The summed E-state index contributed by atoms with van der Waals surface area (Å²) in [6.45, 7) is 17.4. The number of hydrogen-bond acceptors (Lipinski definition) is 16. The monoisotopic (exact) mass is 1130 g/mol. The third-order valence-electron chi connectivity index (χ3n) is 17.9. The van der Waals surface area contributed by atoms with E-state index in [1.807, 2.05) is 17.9 Å². The van der Waals surface area contributed by atoms with Crippen molar-refractivity contribution in [1.29, 1.82) is 0 Å². The van der Waals surface area contributed by atoms with Gasteiger partial charge in [0.25, 0.3) is 17.2 Å². The molecule has 0 spiro atoms. The highest BCUT2D eigenvalue weighted by Crippen LogP contribution is 2.50. The predicted octanol–water partition coefficient (Wildman–Crippen LogP) is 6.56. The fraction of sp³-hybridized carbons (Fsp3) is 0.532. The molecule has 5 N–H and O–H groups in total. The van der Waals surface area contributed by atoms with Crippen LogP contribution in [0.2, 0.25) is 0 Å². The summed E-state index contributed by atoms with van der Waals surface area (Å²) in [7, 11) is 1.41. The quantitative estimate of drug-likeness (QED) is 0.150. The Labute approximate surface area is 476 Å². The van der Waals surface area contributed by atoms with E-state index in [1.54, 1.807) is 51.7 Å². The number of aryl methyl sites for hydroxylation is 2. The van der Waals surface area contributed by atoms with Gasteiger partial charge >= 0.3 is 11.8 Å². The highest BCUT2D eigenvalue weighted by atomic mass is 19.1. The molecule has 82 heavy (non-hydrogen) atoms. The van der Waals surface area contributed by atoms with Crippen molar-refractivity contribution in [1.82, 2.24) is 19.9 Å². The Hall–Kier alpha value is -7.16. The highest BCUT2D eigenvalue weighted by Gasteiger charge is 2.53. The summed E-state index contributed by atoms with van der Waals surface area (Å²) < 4.78 is 41.2. The summed E-state index contributed by atoms with van der Waals surface area (Å²) in [6.07, 6.45) is 7.66. The van der Waals surface area contributed by atoms with Crippen molar-refractivity contribution < 1.29 is 67.4 Å². The van der Waals surface area contributed by atoms with E-state index in [0.717, 1.165) is 30.2 Å². The number of halogens is 1. The van der Waals surface area contributed by atoms with Gasteiger partial charge in [0.15, 0.2) is 5.82 Å². The van der Waals surface area contributed by atoms with Gasteiger partial charge in [-0.2, -0.15) is 0 Å². The number of aromatic nitrogens is 1. The van der Waals surface area contributed by atoms with Crippen LogP contribution in [0.5, 0.6) is 11.5 Å². The van der Waals surface area contributed by atoms with E-state index in [2.05, 4.69) is 10.6 Å². The van der Waals surface area contributed by atoms with Crippen molar-refractivity contribution in [2.75, 3.05) is 44.7 Å². The standard InChI is InChI=1S/C62H76FN5O14/c1-29-13-12-14-30(2)59(76)65-47-50(66-22-18-40(19-23-66)60(77)64-26-38-17-21-67(27-38)49-33(5)48-41(39-15-16-39)25-31(3)61(78)68(48)28-42(49)63)55(74)44-45(54(47)73)53(72)36(8)57-46(44)58(75)62(10,82-57)80-24-20-43(79-11)32(4)56(81-37(9)69)35(7)52(71)34(6)51(29)70/h12-14,20,24-25,28-29,32,34-35,38-40,43,51-52,56,70-72H,15-19,21-23,26-27H2,1-11H3,(H,64,77)(H,65,76)/b13-12+,24-20+,30-14-/t29-,32+,34+,35+,38?,43-,51-,52+,56+,62-/m0/s1. The number of ketones is 3. The van der Waals surface area contributed by atoms with Gasteiger partial charge in [-0.15, -0.1) is 0 Å². The molecule has 1 saturated carbocycles. The lowest BCUT2D eigenvalue weighted by Gasteiger charge is -2.38. The fourth-order valence-corrected chi connectivity index (χ4v) is 12.8. The minimum Gasteiger partial charge on any atom is -0.507 e. The van der Waals surface area contributed by atoms with Gasteiger partial charge in [0.05, 0.1) is 58.7 Å². The summed E-state index contributed by atoms with van der Waals surface area (Å²) in [5.41, 5.74) is 1.40. The van der Waals surface area contributed by atoms with E-state index in [-0.39, 0.29) is 71.5 Å². The second-order valence-corrected chi connectivity index (χ2v) is 23.7. The van der Waals surface area contributed by atoms with Crippen molar-refractivity contribution in [2.45, 2.75) is 137 Å². The Morgan fingerprint density at radius 3 is 2.21 bits per heavy atom. The summed E-state index contributed by atoms with van der Waals surface area (Å²) in [5, 5.41) is 40.7. The van der Waals surface area contributed by atoms with Crippen LogP contribution in [0.4, 0.5) is 10.1 Å². The lowest BCUT2D eigenvalue weighted by Crippen LogP contribution is -2.46. The number of carbonyl (C=O) groups excluding carboxylic acids is 6. The lowest BCUT2D eigenvalue weighted by molar-refractivity contribution is -0.160. The van der Waals surface area contributed by atoms with E-state index < -0.39 is 117 Å². The van der Waals surface area contributed by atoms with E-state index in [9.17, 15) is 39.3 Å². The number of rotatable bonds is 8. The number of nitrogens with one attached hydrogen (secondary N) is 2. The molecule has 10 rings (SSSR count). The van der Waals surface area contributed by atoms with Gasteiger partial charge in [-0.1, -0.05) is 45.9 Å². The number of Topliss-reactive ketones (excluding diaryl/α,β-unsaturated/α-hetero) is 3. The van der Waals surface area contributed by atoms with E-state index in [1.165, 1.54) is 57.6 Å². The number of aromatic hydroxyl groups is 1. The summed E-state index contributed by atoms with van der Waals surface area (Å²) in [6, 6.07) is 1.94. The number of phenolic OH excluding ortho intramolecular Hbond substituents is 1. The van der Waals surface area contributed by atoms with Gasteiger partial charge in [0, 0.05) is 100.0 Å². The largest absolute Gasteiger partial charge is 0.507 e. The topological polar surface area (TPSA) is 252 Å². The predicted molar refractivity (Wildman–Crippen MR) is 301 cm³/mol. The second-order valence-electron chi connectivity index (χ2n) is 23.7. The van der Waals surface area contributed by atoms with Crippen molar-refractivity contribution in [3.8, 4) is 11.5 Å². The van der Waals surface area contributed by atoms with Crippen LogP contribution >= 0.6 is 0 Å². The van der Waals surface area contributed by atoms with E-state index in [0.29, 0.717) is 48.8 Å². The van der Waals surface area contributed by atoms with Gasteiger partial charge < -0.3 is 54.7 Å². The Bertz CT molecular complexity index is 3330. The SMILES string of the molecule is CO[C@H]1/C=C/O[C@@]2(C)Oc3c(C)c(O)c4c(c3C2=O)C(=O)C(N2CCC(C(=O)NCC3CCN(c5c(F)cn6c(=O)c(C)cc(C7CC7)c6c5C)C3)CC2)=C(NC(=O)/C(C)=C\C=C\[C@H](C)[C@H](O)[C@@H](C)[C@@H](O)[C@@H](C)[C@H](OC(C)=O)[C@@H]1C)C4=O. The first-order valence-electron chi connectivity index (χ1n) is 28.5. The number of fused-ring (bicyclic) bond motifs is 15. The number of phenols is 1. The van der Waals surface area contributed by atoms with Crippen molar-refractivity contribution >= 4 is 46.3 Å². The van der Waals surface area contributed by atoms with Crippen LogP contribution < -0.4 is 25.8 Å². The molecule has 2 amide bonds. The number of likely N-dealkylation sites (tertiary alicyclic amines) is 1. The lowest BCUT2D eigenvalue weighted by atomic mass is 9.78. The van der Waals surface area contributed by atoms with E-state index in [4.69, 9.17) is 18.9 Å². The van der Waals surface area contributed by atoms with Crippen molar-refractivity contribution in [2.24, 2.45) is 35.5 Å². The zero-order chi connectivity index (χ0) is 59.5. The molecule has 0 radical (unpaired) electrons. The first-order valence-corrected chi connectivity index (χ1v) is 28.5. The molecule has 2 aliphatic carbocycles. The van der Waals surface area contributed by atoms with Crippen LogP contribution in [-0.2, 0) is 28.6 Å². The maximum Gasteiger partial charge on any atom is 0.312 e. The molecular weight excluding hydrogens is 1060 g/mol. The molecule has 5 bridgehead atoms. The van der Waals surface area contributed by atoms with Crippen LogP contribution in [0.1, 0.15) is 140 Å². The number of ether oxygens (including phenoxy) is 4. The van der Waals surface area contributed by atoms with Gasteiger partial charge in [-0.05, 0) is 94.9 Å². The average molecular weight is 1130 g/mol. The maximum atomic E-state index is 16.0. The molecule has 19 nitrogen and oxygen atoms in total. The van der Waals surface area contributed by atoms with Crippen LogP contribution in [0.3, 0.4) is 0 Å². The fourth-order valence-electron chi connectivity index (χ4n) is 12.8. The highest BCUT2D eigenvalue weighted by molar-refractivity contribution is 6.32. The Balaban J connectivity index is 0.980. The molecule has 440 valence electrons. The number of carbonyl (C=O) groups is 6. The number of hydrogen-bond donors (Lipinski definition) is 5. The molecule has 2 aromatic heterocycles. The van der Waals surface area contributed by atoms with Crippen molar-refractivity contribution in [3.05, 3.63) is 115 Å². The summed E-state index contributed by atoms with van der Waals surface area (Å²) in [5.74, 6) is -10.6. The molecule has 7 aliphatic rings. The van der Waals surface area contributed by atoms with Gasteiger partial charge in [0.2, 0.25) is 17.5 Å². The maximum absolute atomic E-state index is 16.0. The smallest absolute Gasteiger partial charge is 0.312 e. The number of esters is 1. The van der Waals surface area contributed by atoms with Crippen LogP contribution in [-0.4, -0.2) is 130 Å². The normalized spacial score (nSPS) is 30.0. The first kappa shape index (κ1) is 59.5. The van der Waals surface area contributed by atoms with Gasteiger partial charge in [0.1, 0.15) is 29.0 Å². The van der Waals surface area contributed by atoms with Crippen molar-refractivity contribution in [3.63, 3.8) is 0 Å². The molecule has 1 aromatic carbocycles. The number of benzene rings is 1. The number of piperidine rings is 1. The Kier molecular flexibility index (Phi) is 16.9. The van der Waals surface area contributed by atoms with Crippen LogP contribution in [0, 0.1) is 62.1 Å². The average Bonchev–Trinajstić information content (AvgIpc) is 2.20. The summed E-state index contributed by atoms with van der Waals surface area (Å²) >= 11 is 0. The molecular formula is C62H76FN5O14. The molecule has 7 heterocycles. The molecule has 10 atom stereocenters. The molecule has 1 unspecified atom stereocenters. The number of aliphatic hydroxyl groups excluding tert-OH is 2. The molecule has 3 aromatic rings. The Morgan fingerprint density at radius 2 is 1.55 bits per heavy atom. The number of pyridine rings is 2. The minimum atomic E-state index is -2.16. The number of nitrogens with zero attached hydrogens (tertiary/aromatic N) is 3. The molecule has 2 saturated heterocycles. The van der Waals surface area contributed by atoms with E-state index >= 15 is 14.0 Å². The second kappa shape index (κ2) is 23.2. The molecule has 5 aliphatic heterocycles. The van der Waals surface area contributed by atoms with Gasteiger partial charge in [-0.25, -0.2) is 4.39 Å². The number of aliphatic hydroxyl groups is 2. The molecule has 3 fully saturated rings. The number of methoxy groups -OCH3 is 1. The summed E-state index contributed by atoms with van der Waals surface area (Å²) in [4.78, 5) is 102. The molecule has 20 heteroatoms. The minimum absolute atomic E-state index is 0.00163. The van der Waals surface area contributed by atoms with Gasteiger partial charge in [-0.3, -0.25) is 38.0 Å².